The molecule has 26 heavy (non-hydrogen) atoms. The van der Waals surface area contributed by atoms with Crippen molar-refractivity contribution >= 4 is 5.91 Å². The van der Waals surface area contributed by atoms with Crippen molar-refractivity contribution in [1.82, 2.24) is 5.32 Å². The van der Waals surface area contributed by atoms with Gasteiger partial charge in [0, 0.05) is 18.5 Å². The largest absolute Gasteiger partial charge is 0.508 e. The minimum absolute atomic E-state index is 0.181. The van der Waals surface area contributed by atoms with Crippen LogP contribution in [0.1, 0.15) is 28.8 Å². The molecule has 0 heterocycles. The Morgan fingerprint density at radius 2 is 1.96 bits per heavy atom. The number of benzene rings is 2. The van der Waals surface area contributed by atoms with Crippen molar-refractivity contribution < 1.29 is 19.4 Å². The van der Waals surface area contributed by atoms with Crippen molar-refractivity contribution in [2.24, 2.45) is 0 Å². The first-order valence-electron chi connectivity index (χ1n) is 8.44. The topological polar surface area (TPSA) is 67.8 Å². The average Bonchev–Trinajstić information content (AvgIpc) is 2.66. The number of methoxy groups -OCH3 is 1. The van der Waals surface area contributed by atoms with Gasteiger partial charge in [0.05, 0.1) is 13.7 Å². The molecule has 1 amide bonds. The summed E-state index contributed by atoms with van der Waals surface area (Å²) in [6, 6.07) is 12.0. The van der Waals surface area contributed by atoms with Gasteiger partial charge in [-0.1, -0.05) is 12.1 Å². The number of phenolic OH excluding ortho intramolecular Hbond substituents is 1. The normalized spacial score (nSPS) is 10.0. The van der Waals surface area contributed by atoms with Crippen LogP contribution in [0.2, 0.25) is 0 Å². The Hall–Kier alpha value is -3.13. The van der Waals surface area contributed by atoms with Crippen molar-refractivity contribution in [2.45, 2.75) is 19.3 Å². The number of rotatable bonds is 9. The Morgan fingerprint density at radius 1 is 1.19 bits per heavy atom. The smallest absolute Gasteiger partial charge is 0.251 e. The highest BCUT2D eigenvalue weighted by Crippen LogP contribution is 2.28. The van der Waals surface area contributed by atoms with Crippen LogP contribution in [0.5, 0.6) is 17.2 Å². The van der Waals surface area contributed by atoms with Crippen molar-refractivity contribution in [2.75, 3.05) is 20.3 Å². The Morgan fingerprint density at radius 3 is 2.65 bits per heavy atom. The second-order valence-corrected chi connectivity index (χ2v) is 5.69. The maximum atomic E-state index is 12.3. The highest BCUT2D eigenvalue weighted by atomic mass is 16.5. The standard InChI is InChI=1S/C21H23NO4/c1-3-4-5-14-26-20-15-17(8-11-19(20)25-2)21(24)22-13-12-16-6-9-18(23)10-7-16/h1,6-11,15,23H,4-5,12-14H2,2H3,(H,22,24). The molecule has 0 atom stereocenters. The number of unbranched alkanes of at least 4 members (excludes halogenated alkanes) is 1. The van der Waals surface area contributed by atoms with Crippen LogP contribution in [0.4, 0.5) is 0 Å². The fourth-order valence-electron chi connectivity index (χ4n) is 2.37. The molecule has 5 heteroatoms. The Kier molecular flexibility index (Phi) is 7.38. The minimum atomic E-state index is -0.181. The lowest BCUT2D eigenvalue weighted by Gasteiger charge is -2.12. The van der Waals surface area contributed by atoms with Crippen LogP contribution in [0.15, 0.2) is 42.5 Å². The van der Waals surface area contributed by atoms with Gasteiger partial charge < -0.3 is 19.9 Å². The molecular formula is C21H23NO4. The number of hydrogen-bond donors (Lipinski definition) is 2. The molecule has 0 radical (unpaired) electrons. The molecule has 2 N–H and O–H groups in total. The van der Waals surface area contributed by atoms with Gasteiger partial charge >= 0.3 is 0 Å². The molecule has 136 valence electrons. The summed E-state index contributed by atoms with van der Waals surface area (Å²) in [4.78, 5) is 12.3. The first-order chi connectivity index (χ1) is 12.6. The summed E-state index contributed by atoms with van der Waals surface area (Å²) in [6.45, 7) is 0.959. The molecule has 0 spiro atoms. The molecule has 0 aliphatic heterocycles. The van der Waals surface area contributed by atoms with Gasteiger partial charge in [-0.25, -0.2) is 0 Å². The van der Waals surface area contributed by atoms with E-state index in [4.69, 9.17) is 15.9 Å². The fourth-order valence-corrected chi connectivity index (χ4v) is 2.37. The zero-order chi connectivity index (χ0) is 18.8. The number of nitrogens with one attached hydrogen (secondary N) is 1. The van der Waals surface area contributed by atoms with E-state index in [0.717, 1.165) is 12.0 Å². The summed E-state index contributed by atoms with van der Waals surface area (Å²) < 4.78 is 10.9. The molecule has 2 aromatic rings. The van der Waals surface area contributed by atoms with Crippen LogP contribution in [-0.4, -0.2) is 31.3 Å². The van der Waals surface area contributed by atoms with Gasteiger partial charge in [0.15, 0.2) is 11.5 Å². The summed E-state index contributed by atoms with van der Waals surface area (Å²) in [5, 5.41) is 12.2. The molecular weight excluding hydrogens is 330 g/mol. The molecule has 0 bridgehead atoms. The van der Waals surface area contributed by atoms with E-state index in [-0.39, 0.29) is 11.7 Å². The molecule has 0 saturated heterocycles. The number of aromatic hydroxyl groups is 1. The Labute approximate surface area is 154 Å². The molecule has 0 fully saturated rings. The van der Waals surface area contributed by atoms with Gasteiger partial charge in [-0.2, -0.15) is 0 Å². The SMILES string of the molecule is C#CCCCOc1cc(C(=O)NCCc2ccc(O)cc2)ccc1OC. The van der Waals surface area contributed by atoms with E-state index >= 15 is 0 Å². The van der Waals surface area contributed by atoms with Crippen molar-refractivity contribution in [1.29, 1.82) is 0 Å². The van der Waals surface area contributed by atoms with E-state index in [2.05, 4.69) is 11.2 Å². The zero-order valence-electron chi connectivity index (χ0n) is 14.8. The second kappa shape index (κ2) is 10.00. The van der Waals surface area contributed by atoms with Crippen LogP contribution in [0, 0.1) is 12.3 Å². The van der Waals surface area contributed by atoms with Gasteiger partial charge in [-0.05, 0) is 48.7 Å². The first kappa shape index (κ1) is 19.2. The number of hydrogen-bond acceptors (Lipinski definition) is 4. The lowest BCUT2D eigenvalue weighted by Crippen LogP contribution is -2.25. The molecule has 0 aliphatic rings. The van der Waals surface area contributed by atoms with Crippen LogP contribution in [-0.2, 0) is 6.42 Å². The highest BCUT2D eigenvalue weighted by Gasteiger charge is 2.11. The van der Waals surface area contributed by atoms with E-state index in [9.17, 15) is 9.90 Å². The van der Waals surface area contributed by atoms with Gasteiger partial charge in [-0.15, -0.1) is 12.3 Å². The third kappa shape index (κ3) is 5.75. The Bertz CT molecular complexity index is 763. The van der Waals surface area contributed by atoms with E-state index in [1.165, 1.54) is 0 Å². The number of terminal acetylenes is 1. The maximum Gasteiger partial charge on any atom is 0.251 e. The third-order valence-electron chi connectivity index (χ3n) is 3.78. The van der Waals surface area contributed by atoms with Crippen molar-refractivity contribution in [3.05, 3.63) is 53.6 Å². The van der Waals surface area contributed by atoms with Gasteiger partial charge in [-0.3, -0.25) is 4.79 Å². The predicted molar refractivity (Wildman–Crippen MR) is 101 cm³/mol. The number of carbonyl (C=O) groups excluding carboxylic acids is 1. The van der Waals surface area contributed by atoms with Crippen molar-refractivity contribution in [3.8, 4) is 29.6 Å². The average molecular weight is 353 g/mol. The van der Waals surface area contributed by atoms with E-state index < -0.39 is 0 Å². The van der Waals surface area contributed by atoms with Gasteiger partial charge in [0.25, 0.3) is 5.91 Å². The van der Waals surface area contributed by atoms with E-state index in [0.29, 0.717) is 43.1 Å². The van der Waals surface area contributed by atoms with E-state index in [1.807, 2.05) is 12.1 Å². The van der Waals surface area contributed by atoms with Crippen LogP contribution < -0.4 is 14.8 Å². The monoisotopic (exact) mass is 353 g/mol. The molecule has 0 aliphatic carbocycles. The van der Waals surface area contributed by atoms with Gasteiger partial charge in [0.2, 0.25) is 0 Å². The lowest BCUT2D eigenvalue weighted by atomic mass is 10.1. The summed E-state index contributed by atoms with van der Waals surface area (Å²) >= 11 is 0. The minimum Gasteiger partial charge on any atom is -0.508 e. The number of ether oxygens (including phenoxy) is 2. The molecule has 2 aromatic carbocycles. The number of phenols is 1. The quantitative estimate of drug-likeness (QED) is 0.537. The Balaban J connectivity index is 1.92. The molecule has 0 aromatic heterocycles. The first-order valence-corrected chi connectivity index (χ1v) is 8.44. The predicted octanol–water partition coefficient (Wildman–Crippen LogP) is 3.17. The number of amides is 1. The summed E-state index contributed by atoms with van der Waals surface area (Å²) in [5.74, 6) is 3.71. The van der Waals surface area contributed by atoms with Crippen molar-refractivity contribution in [3.63, 3.8) is 0 Å². The fraction of sp³-hybridized carbons (Fsp3) is 0.286. The second-order valence-electron chi connectivity index (χ2n) is 5.69. The number of carbonyl (C=O) groups is 1. The third-order valence-corrected chi connectivity index (χ3v) is 3.78. The van der Waals surface area contributed by atoms with Crippen LogP contribution in [0.25, 0.3) is 0 Å². The summed E-state index contributed by atoms with van der Waals surface area (Å²) in [6.07, 6.45) is 7.28. The summed E-state index contributed by atoms with van der Waals surface area (Å²) in [5.41, 5.74) is 1.54. The molecule has 5 nitrogen and oxygen atoms in total. The van der Waals surface area contributed by atoms with Gasteiger partial charge in [0.1, 0.15) is 5.75 Å². The van der Waals surface area contributed by atoms with Crippen LogP contribution in [0.3, 0.4) is 0 Å². The zero-order valence-corrected chi connectivity index (χ0v) is 14.8. The maximum absolute atomic E-state index is 12.3. The molecule has 0 unspecified atom stereocenters. The molecule has 0 saturated carbocycles. The molecule has 2 rings (SSSR count). The summed E-state index contributed by atoms with van der Waals surface area (Å²) in [7, 11) is 1.56. The van der Waals surface area contributed by atoms with E-state index in [1.54, 1.807) is 37.4 Å². The lowest BCUT2D eigenvalue weighted by molar-refractivity contribution is 0.0953. The highest BCUT2D eigenvalue weighted by molar-refractivity contribution is 5.94. The van der Waals surface area contributed by atoms with Crippen LogP contribution >= 0.6 is 0 Å².